The highest BCUT2D eigenvalue weighted by molar-refractivity contribution is 6.01. The summed E-state index contributed by atoms with van der Waals surface area (Å²) in [6.07, 6.45) is 4.42. The molecule has 2 aliphatic rings. The van der Waals surface area contributed by atoms with E-state index in [1.807, 2.05) is 38.1 Å². The highest BCUT2D eigenvalue weighted by atomic mass is 16.5. The van der Waals surface area contributed by atoms with Crippen LogP contribution in [0.1, 0.15) is 61.9 Å². The third-order valence-corrected chi connectivity index (χ3v) is 6.73. The molecule has 1 saturated carbocycles. The summed E-state index contributed by atoms with van der Waals surface area (Å²) >= 11 is 0. The molecule has 168 valence electrons. The number of anilines is 1. The Kier molecular flexibility index (Phi) is 5.37. The Labute approximate surface area is 192 Å². The fourth-order valence-corrected chi connectivity index (χ4v) is 4.24. The number of rotatable bonds is 7. The molecular weight excluding hydrogens is 416 g/mol. The molecule has 0 atom stereocenters. The summed E-state index contributed by atoms with van der Waals surface area (Å²) in [5, 5.41) is 17.0. The van der Waals surface area contributed by atoms with Gasteiger partial charge in [-0.3, -0.25) is 4.79 Å². The van der Waals surface area contributed by atoms with Crippen molar-refractivity contribution in [1.29, 1.82) is 5.26 Å². The molecule has 1 aliphatic heterocycles. The van der Waals surface area contributed by atoms with E-state index in [0.29, 0.717) is 52.1 Å². The van der Waals surface area contributed by atoms with Crippen molar-refractivity contribution in [1.82, 2.24) is 10.1 Å². The van der Waals surface area contributed by atoms with Crippen molar-refractivity contribution in [3.8, 4) is 34.7 Å². The average Bonchev–Trinajstić information content (AvgIpc) is 3.55. The standard InChI is InChI=1S/C26H26N4O3/c1-3-26(4-2)13-22(31)20-12-17(8-10-23(20)32-26)24-29-25(33-30-24)18-7-9-21(19(11-18)14-27)28-15-16-5-6-16/h7-12,16,28H,3-6,13,15H2,1-2H3. The molecule has 3 aromatic rings. The monoisotopic (exact) mass is 442 g/mol. The molecule has 1 aliphatic carbocycles. The van der Waals surface area contributed by atoms with Crippen molar-refractivity contribution in [3.63, 3.8) is 0 Å². The summed E-state index contributed by atoms with van der Waals surface area (Å²) < 4.78 is 11.7. The normalized spacial score (nSPS) is 16.6. The second kappa shape index (κ2) is 8.36. The van der Waals surface area contributed by atoms with Gasteiger partial charge in [0.15, 0.2) is 5.78 Å². The number of carbonyl (C=O) groups is 1. The summed E-state index contributed by atoms with van der Waals surface area (Å²) in [4.78, 5) is 17.4. The van der Waals surface area contributed by atoms with E-state index in [4.69, 9.17) is 9.26 Å². The number of ether oxygens (including phenoxy) is 1. The number of nitriles is 1. The quantitative estimate of drug-likeness (QED) is 0.506. The van der Waals surface area contributed by atoms with Gasteiger partial charge in [-0.1, -0.05) is 19.0 Å². The molecule has 7 heteroatoms. The second-order valence-corrected chi connectivity index (χ2v) is 8.92. The molecule has 0 spiro atoms. The molecule has 0 saturated heterocycles. The Bertz CT molecular complexity index is 1250. The summed E-state index contributed by atoms with van der Waals surface area (Å²) in [6, 6.07) is 13.2. The van der Waals surface area contributed by atoms with Gasteiger partial charge in [-0.05, 0) is 68.0 Å². The number of hydrogen-bond acceptors (Lipinski definition) is 7. The molecule has 2 aromatic carbocycles. The molecule has 1 aromatic heterocycles. The van der Waals surface area contributed by atoms with Gasteiger partial charge < -0.3 is 14.6 Å². The van der Waals surface area contributed by atoms with E-state index in [0.717, 1.165) is 25.1 Å². The van der Waals surface area contributed by atoms with Gasteiger partial charge in [0.05, 0.1) is 23.2 Å². The average molecular weight is 443 g/mol. The zero-order chi connectivity index (χ0) is 23.0. The van der Waals surface area contributed by atoms with Gasteiger partial charge >= 0.3 is 0 Å². The smallest absolute Gasteiger partial charge is 0.258 e. The molecular formula is C26H26N4O3. The van der Waals surface area contributed by atoms with E-state index < -0.39 is 5.60 Å². The van der Waals surface area contributed by atoms with Crippen LogP contribution < -0.4 is 10.1 Å². The van der Waals surface area contributed by atoms with Crippen molar-refractivity contribution < 1.29 is 14.1 Å². The number of Topliss-reactive ketones (excluding diaryl/α,β-unsaturated/α-hetero) is 1. The molecule has 33 heavy (non-hydrogen) atoms. The van der Waals surface area contributed by atoms with Crippen LogP contribution in [0.25, 0.3) is 22.8 Å². The number of benzene rings is 2. The lowest BCUT2D eigenvalue weighted by molar-refractivity contribution is 0.0350. The Hall–Kier alpha value is -3.66. The van der Waals surface area contributed by atoms with Gasteiger partial charge in [-0.2, -0.15) is 10.2 Å². The van der Waals surface area contributed by atoms with Crippen molar-refractivity contribution in [2.24, 2.45) is 5.92 Å². The predicted octanol–water partition coefficient (Wildman–Crippen LogP) is 5.62. The fraction of sp³-hybridized carbons (Fsp3) is 0.385. The largest absolute Gasteiger partial charge is 0.486 e. The highest BCUT2D eigenvalue weighted by Crippen LogP contribution is 2.39. The fourth-order valence-electron chi connectivity index (χ4n) is 4.24. The summed E-state index contributed by atoms with van der Waals surface area (Å²) in [7, 11) is 0. The third kappa shape index (κ3) is 4.09. The van der Waals surface area contributed by atoms with Gasteiger partial charge in [-0.15, -0.1) is 0 Å². The van der Waals surface area contributed by atoms with E-state index in [2.05, 4.69) is 21.5 Å². The molecule has 1 N–H and O–H groups in total. The van der Waals surface area contributed by atoms with Crippen molar-refractivity contribution in [3.05, 3.63) is 47.5 Å². The number of carbonyl (C=O) groups excluding carboxylic acids is 1. The van der Waals surface area contributed by atoms with Crippen molar-refractivity contribution >= 4 is 11.5 Å². The Morgan fingerprint density at radius 1 is 1.15 bits per heavy atom. The molecule has 2 heterocycles. The first kappa shape index (κ1) is 21.2. The number of fused-ring (bicyclic) bond motifs is 1. The van der Waals surface area contributed by atoms with E-state index in [1.165, 1.54) is 12.8 Å². The van der Waals surface area contributed by atoms with Crippen LogP contribution >= 0.6 is 0 Å². The predicted molar refractivity (Wildman–Crippen MR) is 124 cm³/mol. The summed E-state index contributed by atoms with van der Waals surface area (Å²) in [5.41, 5.74) is 2.84. The van der Waals surface area contributed by atoms with Crippen LogP contribution in [0.2, 0.25) is 0 Å². The molecule has 0 bridgehead atoms. The Morgan fingerprint density at radius 2 is 1.94 bits per heavy atom. The highest BCUT2D eigenvalue weighted by Gasteiger charge is 2.37. The summed E-state index contributed by atoms with van der Waals surface area (Å²) in [6.45, 7) is 4.98. The minimum absolute atomic E-state index is 0.0680. The maximum Gasteiger partial charge on any atom is 0.258 e. The third-order valence-electron chi connectivity index (χ3n) is 6.73. The van der Waals surface area contributed by atoms with E-state index in [9.17, 15) is 10.1 Å². The van der Waals surface area contributed by atoms with Crippen LogP contribution in [-0.4, -0.2) is 28.1 Å². The molecule has 0 radical (unpaired) electrons. The topological polar surface area (TPSA) is 101 Å². The van der Waals surface area contributed by atoms with Crippen LogP contribution in [0.15, 0.2) is 40.9 Å². The van der Waals surface area contributed by atoms with Crippen molar-refractivity contribution in [2.45, 2.75) is 51.6 Å². The van der Waals surface area contributed by atoms with Gasteiger partial charge in [0, 0.05) is 17.7 Å². The van der Waals surface area contributed by atoms with Crippen LogP contribution in [0.4, 0.5) is 5.69 Å². The molecule has 0 amide bonds. The van der Waals surface area contributed by atoms with Gasteiger partial charge in [0.2, 0.25) is 5.82 Å². The lowest BCUT2D eigenvalue weighted by Crippen LogP contribution is -2.40. The van der Waals surface area contributed by atoms with Gasteiger partial charge in [0.1, 0.15) is 17.4 Å². The number of ketones is 1. The van der Waals surface area contributed by atoms with Crippen LogP contribution in [-0.2, 0) is 0 Å². The first-order chi connectivity index (χ1) is 16.0. The van der Waals surface area contributed by atoms with Crippen molar-refractivity contribution in [2.75, 3.05) is 11.9 Å². The van der Waals surface area contributed by atoms with E-state index in [-0.39, 0.29) is 5.78 Å². The van der Waals surface area contributed by atoms with E-state index >= 15 is 0 Å². The number of nitrogens with zero attached hydrogens (tertiary/aromatic N) is 3. The SMILES string of the molecule is CCC1(CC)CC(=O)c2cc(-c3noc(-c4ccc(NCC5CC5)c(C#N)c4)n3)ccc2O1. The van der Waals surface area contributed by atoms with Crippen LogP contribution in [0.5, 0.6) is 5.75 Å². The van der Waals surface area contributed by atoms with Crippen LogP contribution in [0, 0.1) is 17.2 Å². The first-order valence-corrected chi connectivity index (χ1v) is 11.5. The lowest BCUT2D eigenvalue weighted by atomic mass is 9.85. The molecule has 0 unspecified atom stereocenters. The second-order valence-electron chi connectivity index (χ2n) is 8.92. The first-order valence-electron chi connectivity index (χ1n) is 11.5. The Morgan fingerprint density at radius 3 is 2.67 bits per heavy atom. The number of nitrogens with one attached hydrogen (secondary N) is 1. The lowest BCUT2D eigenvalue weighted by Gasteiger charge is -2.36. The minimum atomic E-state index is -0.428. The number of aromatic nitrogens is 2. The van der Waals surface area contributed by atoms with Gasteiger partial charge in [-0.25, -0.2) is 0 Å². The maximum absolute atomic E-state index is 12.8. The maximum atomic E-state index is 12.8. The number of hydrogen-bond donors (Lipinski definition) is 1. The molecule has 1 fully saturated rings. The van der Waals surface area contributed by atoms with Crippen LogP contribution in [0.3, 0.4) is 0 Å². The van der Waals surface area contributed by atoms with E-state index in [1.54, 1.807) is 12.1 Å². The zero-order valence-electron chi connectivity index (χ0n) is 18.9. The summed E-state index contributed by atoms with van der Waals surface area (Å²) in [5.74, 6) is 2.10. The molecule has 7 nitrogen and oxygen atoms in total. The molecule has 5 rings (SSSR count). The van der Waals surface area contributed by atoms with Gasteiger partial charge in [0.25, 0.3) is 5.89 Å². The zero-order valence-corrected chi connectivity index (χ0v) is 18.9. The minimum Gasteiger partial charge on any atom is -0.486 e. The Balaban J connectivity index is 1.40.